The molecule has 4 fully saturated rings. The van der Waals surface area contributed by atoms with Crippen LogP contribution in [0, 0.1) is 35.5 Å². The van der Waals surface area contributed by atoms with Crippen LogP contribution < -0.4 is 4.90 Å². The van der Waals surface area contributed by atoms with Gasteiger partial charge in [0.2, 0.25) is 0 Å². The van der Waals surface area contributed by atoms with Crippen molar-refractivity contribution in [2.75, 3.05) is 4.90 Å². The molecule has 1 nitrogen and oxygen atoms in total. The van der Waals surface area contributed by atoms with Crippen LogP contribution in [0.3, 0.4) is 0 Å². The molecule has 1 heterocycles. The molecule has 7 rings (SSSR count). The highest BCUT2D eigenvalue weighted by Crippen LogP contribution is 2.86. The molecule has 23 heavy (non-hydrogen) atoms. The molecule has 114 valence electrons. The van der Waals surface area contributed by atoms with Crippen LogP contribution in [0.1, 0.15) is 12.8 Å². The van der Waals surface area contributed by atoms with E-state index in [0.717, 1.165) is 35.5 Å². The largest absolute Gasteiger partial charge is 0.354 e. The summed E-state index contributed by atoms with van der Waals surface area (Å²) in [6, 6.07) is 11.3. The molecule has 0 amide bonds. The van der Waals surface area contributed by atoms with Crippen molar-refractivity contribution in [1.82, 2.24) is 0 Å². The van der Waals surface area contributed by atoms with Crippen molar-refractivity contribution < 1.29 is 0 Å². The number of piperidine rings is 2. The standard InChI is InChI=1S/C22H21N/c1-2-6-16(7-3-1)23-21-14-10-11-15(12-14)22(21,23)20-13-19(21)17-8-4-5-9-18(17)20/h1-11,14-15,17-20H,12-13H2/t14-,15+,17-,18+,19-,20+,21-,22+,23?. The predicted octanol–water partition coefficient (Wildman–Crippen LogP) is 4.20. The van der Waals surface area contributed by atoms with Gasteiger partial charge >= 0.3 is 0 Å². The van der Waals surface area contributed by atoms with E-state index in [0.29, 0.717) is 11.1 Å². The van der Waals surface area contributed by atoms with E-state index < -0.39 is 0 Å². The Hall–Kier alpha value is -1.76. The van der Waals surface area contributed by atoms with E-state index in [-0.39, 0.29) is 0 Å². The molecule has 1 aliphatic heterocycles. The lowest BCUT2D eigenvalue weighted by Gasteiger charge is -2.37. The molecule has 1 aromatic carbocycles. The first kappa shape index (κ1) is 11.7. The van der Waals surface area contributed by atoms with Crippen LogP contribution >= 0.6 is 0 Å². The molecule has 1 aromatic rings. The SMILES string of the molecule is C1=C[C@@H]2[C@H](C=C1)[C@@H]1C[C@H]2[C@]23[C@@H]4C=C[C@@H](C4)[C@]12N3c1ccccc1. The molecular formula is C22H21N. The molecule has 0 radical (unpaired) electrons. The third kappa shape index (κ3) is 0.927. The van der Waals surface area contributed by atoms with E-state index in [9.17, 15) is 0 Å². The second kappa shape index (κ2) is 3.36. The van der Waals surface area contributed by atoms with E-state index in [1.54, 1.807) is 0 Å². The molecule has 6 aliphatic rings. The van der Waals surface area contributed by atoms with E-state index >= 15 is 0 Å². The summed E-state index contributed by atoms with van der Waals surface area (Å²) in [5.74, 6) is 4.89. The topological polar surface area (TPSA) is 3.01 Å². The van der Waals surface area contributed by atoms with Crippen LogP contribution in [0.15, 0.2) is 66.8 Å². The maximum atomic E-state index is 2.90. The predicted molar refractivity (Wildman–Crippen MR) is 92.0 cm³/mol. The average Bonchev–Trinajstić information content (AvgIpc) is 3.07. The third-order valence-corrected chi connectivity index (χ3v) is 8.35. The number of allylic oxidation sites excluding steroid dienone is 4. The van der Waals surface area contributed by atoms with Crippen molar-refractivity contribution in [2.24, 2.45) is 35.5 Å². The van der Waals surface area contributed by atoms with Gasteiger partial charge in [0.1, 0.15) is 0 Å². The van der Waals surface area contributed by atoms with E-state index in [1.807, 2.05) is 0 Å². The summed E-state index contributed by atoms with van der Waals surface area (Å²) >= 11 is 0. The Balaban J connectivity index is 1.48. The lowest BCUT2D eigenvalue weighted by atomic mass is 9.64. The highest BCUT2D eigenvalue weighted by molar-refractivity contribution is 5.75. The molecule has 8 atom stereocenters. The molecule has 4 bridgehead atoms. The first-order valence-corrected chi connectivity index (χ1v) is 9.29. The van der Waals surface area contributed by atoms with Gasteiger partial charge in [-0.05, 0) is 48.6 Å². The van der Waals surface area contributed by atoms with Gasteiger partial charge in [-0.15, -0.1) is 0 Å². The lowest BCUT2D eigenvalue weighted by molar-refractivity contribution is 0.234. The number of hydrogen-bond acceptors (Lipinski definition) is 1. The molecule has 1 heteroatoms. The Labute approximate surface area is 137 Å². The molecule has 0 aromatic heterocycles. The molecule has 0 N–H and O–H groups in total. The number of anilines is 1. The Morgan fingerprint density at radius 1 is 0.739 bits per heavy atom. The van der Waals surface area contributed by atoms with Crippen molar-refractivity contribution in [3.05, 3.63) is 66.8 Å². The summed E-state index contributed by atoms with van der Waals surface area (Å²) < 4.78 is 0. The summed E-state index contributed by atoms with van der Waals surface area (Å²) in [7, 11) is 0. The number of benzene rings is 1. The highest BCUT2D eigenvalue weighted by atomic mass is 15.5. The zero-order valence-electron chi connectivity index (χ0n) is 13.2. The minimum atomic E-state index is 0.453. The van der Waals surface area contributed by atoms with Gasteiger partial charge < -0.3 is 4.90 Å². The fourth-order valence-corrected chi connectivity index (χ4v) is 8.17. The van der Waals surface area contributed by atoms with Crippen molar-refractivity contribution >= 4 is 5.69 Å². The Morgan fingerprint density at radius 2 is 1.35 bits per heavy atom. The zero-order chi connectivity index (χ0) is 14.8. The number of fused-ring (bicyclic) bond motifs is 7. The van der Waals surface area contributed by atoms with Gasteiger partial charge in [0.25, 0.3) is 0 Å². The molecule has 5 aliphatic carbocycles. The summed E-state index contributed by atoms with van der Waals surface area (Å²) in [5, 5.41) is 0. The normalized spacial score (nSPS) is 55.2. The number of hydrogen-bond donors (Lipinski definition) is 0. The van der Waals surface area contributed by atoms with Crippen molar-refractivity contribution in [2.45, 2.75) is 23.9 Å². The van der Waals surface area contributed by atoms with Crippen LogP contribution in [-0.4, -0.2) is 11.1 Å². The van der Waals surface area contributed by atoms with Gasteiger partial charge in [0.05, 0.1) is 11.1 Å². The first-order valence-electron chi connectivity index (χ1n) is 9.29. The molecule has 0 spiro atoms. The van der Waals surface area contributed by atoms with E-state index in [1.165, 1.54) is 18.5 Å². The fraction of sp³-hybridized carbons (Fsp3) is 0.455. The Bertz CT molecular complexity index is 759. The maximum absolute atomic E-state index is 2.90. The van der Waals surface area contributed by atoms with Crippen molar-refractivity contribution in [1.29, 1.82) is 0 Å². The fourth-order valence-electron chi connectivity index (χ4n) is 8.17. The van der Waals surface area contributed by atoms with Gasteiger partial charge in [-0.25, -0.2) is 0 Å². The molecular weight excluding hydrogens is 278 g/mol. The molecule has 0 unspecified atom stereocenters. The highest BCUT2D eigenvalue weighted by Gasteiger charge is 2.94. The zero-order valence-corrected chi connectivity index (χ0v) is 13.2. The smallest absolute Gasteiger partial charge is 0.0745 e. The summed E-state index contributed by atoms with van der Waals surface area (Å²) in [5.41, 5.74) is 2.39. The lowest BCUT2D eigenvalue weighted by Crippen LogP contribution is -2.43. The van der Waals surface area contributed by atoms with Crippen LogP contribution in [-0.2, 0) is 0 Å². The van der Waals surface area contributed by atoms with Crippen LogP contribution in [0.25, 0.3) is 0 Å². The Kier molecular flexibility index (Phi) is 1.71. The van der Waals surface area contributed by atoms with E-state index in [4.69, 9.17) is 0 Å². The van der Waals surface area contributed by atoms with Crippen LogP contribution in [0.4, 0.5) is 5.69 Å². The van der Waals surface area contributed by atoms with E-state index in [2.05, 4.69) is 71.7 Å². The second-order valence-electron chi connectivity index (χ2n) is 8.53. The van der Waals surface area contributed by atoms with Gasteiger partial charge in [0.15, 0.2) is 0 Å². The quantitative estimate of drug-likeness (QED) is 0.555. The minimum absolute atomic E-state index is 0.453. The van der Waals surface area contributed by atoms with Crippen molar-refractivity contribution in [3.63, 3.8) is 0 Å². The third-order valence-electron chi connectivity index (χ3n) is 8.35. The number of rotatable bonds is 1. The molecule has 3 saturated carbocycles. The van der Waals surface area contributed by atoms with Crippen LogP contribution in [0.5, 0.6) is 0 Å². The Morgan fingerprint density at radius 3 is 1.96 bits per heavy atom. The summed E-state index contributed by atoms with van der Waals surface area (Å²) in [4.78, 5) is 2.90. The van der Waals surface area contributed by atoms with Gasteiger partial charge in [-0.2, -0.15) is 0 Å². The average molecular weight is 299 g/mol. The number of para-hydroxylation sites is 1. The van der Waals surface area contributed by atoms with Crippen LogP contribution in [0.2, 0.25) is 0 Å². The second-order valence-corrected chi connectivity index (χ2v) is 8.53. The summed E-state index contributed by atoms with van der Waals surface area (Å²) in [6.07, 6.45) is 17.7. The monoisotopic (exact) mass is 299 g/mol. The minimum Gasteiger partial charge on any atom is -0.354 e. The number of nitrogens with zero attached hydrogens (tertiary/aromatic N) is 1. The van der Waals surface area contributed by atoms with Gasteiger partial charge in [-0.3, -0.25) is 0 Å². The maximum Gasteiger partial charge on any atom is 0.0745 e. The van der Waals surface area contributed by atoms with Gasteiger partial charge in [0, 0.05) is 17.5 Å². The first-order chi connectivity index (χ1) is 11.4. The molecule has 1 saturated heterocycles. The van der Waals surface area contributed by atoms with Gasteiger partial charge in [-0.1, -0.05) is 54.7 Å². The van der Waals surface area contributed by atoms with Crippen molar-refractivity contribution in [3.8, 4) is 0 Å². The summed E-state index contributed by atoms with van der Waals surface area (Å²) in [6.45, 7) is 0.